The highest BCUT2D eigenvalue weighted by Crippen LogP contribution is 2.37. The molecule has 0 spiro atoms. The fourth-order valence-corrected chi connectivity index (χ4v) is 3.10. The van der Waals surface area contributed by atoms with Crippen LogP contribution in [0.1, 0.15) is 39.0 Å². The third kappa shape index (κ3) is 3.67. The van der Waals surface area contributed by atoms with Crippen molar-refractivity contribution >= 4 is 17.7 Å². The van der Waals surface area contributed by atoms with Crippen LogP contribution in [0.2, 0.25) is 0 Å². The van der Waals surface area contributed by atoms with E-state index in [1.807, 2.05) is 25.7 Å². The fourth-order valence-electron chi connectivity index (χ4n) is 2.18. The Bertz CT molecular complexity index is 227. The lowest BCUT2D eigenvalue weighted by atomic mass is 9.88. The first-order chi connectivity index (χ1) is 7.63. The van der Waals surface area contributed by atoms with Crippen molar-refractivity contribution < 1.29 is 4.79 Å². The molecule has 1 aliphatic carbocycles. The number of rotatable bonds is 5. The summed E-state index contributed by atoms with van der Waals surface area (Å²) >= 11 is 1.92. The predicted molar refractivity (Wildman–Crippen MR) is 70.9 cm³/mol. The minimum absolute atomic E-state index is 0.0949. The Morgan fingerprint density at radius 1 is 1.38 bits per heavy atom. The lowest BCUT2D eigenvalue weighted by Gasteiger charge is -2.36. The summed E-state index contributed by atoms with van der Waals surface area (Å²) < 4.78 is 0.293. The summed E-state index contributed by atoms with van der Waals surface area (Å²) in [5.74, 6) is 0.112. The van der Waals surface area contributed by atoms with Gasteiger partial charge in [0.2, 0.25) is 5.91 Å². The minimum Gasteiger partial charge on any atom is -0.353 e. The monoisotopic (exact) mass is 244 g/mol. The molecule has 0 bridgehead atoms. The normalized spacial score (nSPS) is 21.4. The van der Waals surface area contributed by atoms with Crippen LogP contribution in [0.4, 0.5) is 0 Å². The van der Waals surface area contributed by atoms with E-state index in [9.17, 15) is 4.79 Å². The van der Waals surface area contributed by atoms with Crippen LogP contribution in [0.5, 0.6) is 0 Å². The lowest BCUT2D eigenvalue weighted by molar-refractivity contribution is -0.122. The number of hydrogen-bond acceptors (Lipinski definition) is 3. The van der Waals surface area contributed by atoms with Gasteiger partial charge in [-0.2, -0.15) is 11.8 Å². The van der Waals surface area contributed by atoms with Crippen molar-refractivity contribution in [3.05, 3.63) is 0 Å². The molecule has 0 aromatic heterocycles. The summed E-state index contributed by atoms with van der Waals surface area (Å²) in [5, 5.41) is 6.04. The summed E-state index contributed by atoms with van der Waals surface area (Å²) in [6.45, 7) is 2.71. The van der Waals surface area contributed by atoms with Crippen LogP contribution in [0.3, 0.4) is 0 Å². The third-order valence-electron chi connectivity index (χ3n) is 3.61. The Labute approximate surface area is 103 Å². The van der Waals surface area contributed by atoms with Gasteiger partial charge in [-0.05, 0) is 33.1 Å². The van der Waals surface area contributed by atoms with Crippen LogP contribution in [0.25, 0.3) is 0 Å². The van der Waals surface area contributed by atoms with Gasteiger partial charge in [0.15, 0.2) is 0 Å². The van der Waals surface area contributed by atoms with Crippen LogP contribution < -0.4 is 10.6 Å². The van der Waals surface area contributed by atoms with Gasteiger partial charge in [0, 0.05) is 11.3 Å². The molecule has 0 aliphatic heterocycles. The van der Waals surface area contributed by atoms with E-state index in [-0.39, 0.29) is 11.9 Å². The van der Waals surface area contributed by atoms with Gasteiger partial charge in [-0.3, -0.25) is 4.79 Å². The van der Waals surface area contributed by atoms with Crippen molar-refractivity contribution in [3.8, 4) is 0 Å². The minimum atomic E-state index is -0.0949. The number of carbonyl (C=O) groups excluding carboxylic acids is 1. The molecule has 1 fully saturated rings. The second-order valence-corrected chi connectivity index (χ2v) is 5.95. The van der Waals surface area contributed by atoms with Gasteiger partial charge in [-0.25, -0.2) is 0 Å². The van der Waals surface area contributed by atoms with E-state index >= 15 is 0 Å². The molecule has 1 amide bonds. The summed E-state index contributed by atoms with van der Waals surface area (Å²) in [6.07, 6.45) is 8.60. The SMILES string of the molecule is CNC(C)C(=O)NCC1(SC)CCCCC1. The lowest BCUT2D eigenvalue weighted by Crippen LogP contribution is -2.47. The molecule has 1 rings (SSSR count). The number of carbonyl (C=O) groups is 1. The number of thioether (sulfide) groups is 1. The predicted octanol–water partition coefficient (Wildman–Crippen LogP) is 1.78. The third-order valence-corrected chi connectivity index (χ3v) is 5.03. The fraction of sp³-hybridized carbons (Fsp3) is 0.917. The molecule has 0 aromatic carbocycles. The first kappa shape index (κ1) is 13.8. The number of nitrogens with one attached hydrogen (secondary N) is 2. The van der Waals surface area contributed by atoms with Crippen molar-refractivity contribution in [1.29, 1.82) is 0 Å². The molecule has 0 radical (unpaired) electrons. The number of hydrogen-bond donors (Lipinski definition) is 2. The molecule has 0 saturated heterocycles. The van der Waals surface area contributed by atoms with Crippen LogP contribution in [0, 0.1) is 0 Å². The number of likely N-dealkylation sites (N-methyl/N-ethyl adjacent to an activating group) is 1. The molecule has 1 unspecified atom stereocenters. The topological polar surface area (TPSA) is 41.1 Å². The molecule has 1 atom stereocenters. The zero-order chi connectivity index (χ0) is 12.0. The van der Waals surface area contributed by atoms with E-state index in [0.29, 0.717) is 4.75 Å². The van der Waals surface area contributed by atoms with E-state index in [0.717, 1.165) is 6.54 Å². The Morgan fingerprint density at radius 3 is 2.50 bits per heavy atom. The number of amides is 1. The highest BCUT2D eigenvalue weighted by atomic mass is 32.2. The van der Waals surface area contributed by atoms with Crippen LogP contribution in [-0.2, 0) is 4.79 Å². The Kier molecular flexibility index (Phi) is 5.62. The average molecular weight is 244 g/mol. The maximum absolute atomic E-state index is 11.7. The Morgan fingerprint density at radius 2 is 2.00 bits per heavy atom. The molecule has 94 valence electrons. The van der Waals surface area contributed by atoms with Crippen molar-refractivity contribution in [2.24, 2.45) is 0 Å². The second-order valence-electron chi connectivity index (χ2n) is 4.68. The van der Waals surface area contributed by atoms with Crippen molar-refractivity contribution in [1.82, 2.24) is 10.6 Å². The van der Waals surface area contributed by atoms with E-state index in [4.69, 9.17) is 0 Å². The van der Waals surface area contributed by atoms with Gasteiger partial charge < -0.3 is 10.6 Å². The first-order valence-corrected chi connectivity index (χ1v) is 7.36. The first-order valence-electron chi connectivity index (χ1n) is 6.14. The van der Waals surface area contributed by atoms with Gasteiger partial charge in [-0.1, -0.05) is 19.3 Å². The van der Waals surface area contributed by atoms with Crippen LogP contribution >= 0.6 is 11.8 Å². The summed E-state index contributed by atoms with van der Waals surface area (Å²) in [7, 11) is 1.81. The average Bonchev–Trinajstić information content (AvgIpc) is 2.36. The van der Waals surface area contributed by atoms with Gasteiger partial charge in [0.1, 0.15) is 0 Å². The summed E-state index contributed by atoms with van der Waals surface area (Å²) in [5.41, 5.74) is 0. The standard InChI is InChI=1S/C12H24N2OS/c1-10(13-2)11(15)14-9-12(16-3)7-5-4-6-8-12/h10,13H,4-9H2,1-3H3,(H,14,15). The highest BCUT2D eigenvalue weighted by molar-refractivity contribution is 8.00. The maximum atomic E-state index is 11.7. The van der Waals surface area contributed by atoms with Crippen molar-refractivity contribution in [2.45, 2.75) is 49.8 Å². The molecular weight excluding hydrogens is 220 g/mol. The van der Waals surface area contributed by atoms with E-state index < -0.39 is 0 Å². The zero-order valence-corrected chi connectivity index (χ0v) is 11.5. The van der Waals surface area contributed by atoms with E-state index in [1.54, 1.807) is 0 Å². The molecular formula is C12H24N2OS. The smallest absolute Gasteiger partial charge is 0.236 e. The molecule has 16 heavy (non-hydrogen) atoms. The molecule has 4 heteroatoms. The molecule has 2 N–H and O–H groups in total. The van der Waals surface area contributed by atoms with Gasteiger partial charge >= 0.3 is 0 Å². The van der Waals surface area contributed by atoms with E-state index in [2.05, 4.69) is 16.9 Å². The highest BCUT2D eigenvalue weighted by Gasteiger charge is 2.31. The summed E-state index contributed by atoms with van der Waals surface area (Å²) in [6, 6.07) is -0.0949. The van der Waals surface area contributed by atoms with Crippen molar-refractivity contribution in [3.63, 3.8) is 0 Å². The molecule has 0 aromatic rings. The molecule has 1 aliphatic rings. The zero-order valence-electron chi connectivity index (χ0n) is 10.6. The maximum Gasteiger partial charge on any atom is 0.236 e. The van der Waals surface area contributed by atoms with Crippen LogP contribution in [0.15, 0.2) is 0 Å². The molecule has 3 nitrogen and oxygen atoms in total. The summed E-state index contributed by atoms with van der Waals surface area (Å²) in [4.78, 5) is 11.7. The quantitative estimate of drug-likeness (QED) is 0.774. The van der Waals surface area contributed by atoms with Gasteiger partial charge in [-0.15, -0.1) is 0 Å². The Balaban J connectivity index is 2.41. The molecule has 0 heterocycles. The van der Waals surface area contributed by atoms with Gasteiger partial charge in [0.25, 0.3) is 0 Å². The largest absolute Gasteiger partial charge is 0.353 e. The molecule has 1 saturated carbocycles. The van der Waals surface area contributed by atoms with Gasteiger partial charge in [0.05, 0.1) is 6.04 Å². The van der Waals surface area contributed by atoms with Crippen LogP contribution in [-0.4, -0.2) is 36.5 Å². The second kappa shape index (κ2) is 6.50. The van der Waals surface area contributed by atoms with E-state index in [1.165, 1.54) is 32.1 Å². The Hall–Kier alpha value is -0.220. The van der Waals surface area contributed by atoms with Crippen molar-refractivity contribution in [2.75, 3.05) is 19.8 Å².